The van der Waals surface area contributed by atoms with Gasteiger partial charge in [0.1, 0.15) is 4.21 Å². The van der Waals surface area contributed by atoms with Crippen LogP contribution >= 0.6 is 23.1 Å². The van der Waals surface area contributed by atoms with E-state index in [1.54, 1.807) is 23.9 Å². The van der Waals surface area contributed by atoms with Crippen LogP contribution in [0.3, 0.4) is 0 Å². The van der Waals surface area contributed by atoms with Crippen molar-refractivity contribution < 1.29 is 8.42 Å². The van der Waals surface area contributed by atoms with E-state index in [0.717, 1.165) is 10.6 Å². The molecular formula is C10H18N2O2S3. The fourth-order valence-electron chi connectivity index (χ4n) is 1.28. The van der Waals surface area contributed by atoms with Crippen LogP contribution in [0.15, 0.2) is 16.3 Å². The Hall–Kier alpha value is -0.0800. The first-order valence-electron chi connectivity index (χ1n) is 5.27. The molecular weight excluding hydrogens is 276 g/mol. The summed E-state index contributed by atoms with van der Waals surface area (Å²) in [7, 11) is -3.36. The second-order valence-electron chi connectivity index (χ2n) is 3.84. The first kappa shape index (κ1) is 15.0. The van der Waals surface area contributed by atoms with E-state index in [0.29, 0.717) is 23.2 Å². The largest absolute Gasteiger partial charge is 0.326 e. The second kappa shape index (κ2) is 6.75. The normalized spacial score (nSPS) is 13.8. The van der Waals surface area contributed by atoms with E-state index in [-0.39, 0.29) is 0 Å². The van der Waals surface area contributed by atoms with E-state index in [2.05, 4.69) is 4.72 Å². The molecule has 1 atom stereocenters. The zero-order chi connectivity index (χ0) is 12.9. The molecule has 0 saturated carbocycles. The summed E-state index contributed by atoms with van der Waals surface area (Å²) in [5.74, 6) is 1.27. The summed E-state index contributed by atoms with van der Waals surface area (Å²) < 4.78 is 26.8. The third kappa shape index (κ3) is 4.59. The summed E-state index contributed by atoms with van der Waals surface area (Å²) >= 11 is 2.94. The highest BCUT2D eigenvalue weighted by Gasteiger charge is 2.17. The van der Waals surface area contributed by atoms with Crippen molar-refractivity contribution in [2.45, 2.75) is 17.7 Å². The van der Waals surface area contributed by atoms with Gasteiger partial charge in [0.25, 0.3) is 0 Å². The number of sulfonamides is 1. The Balaban J connectivity index is 2.62. The molecule has 0 aliphatic rings. The van der Waals surface area contributed by atoms with Gasteiger partial charge in [0, 0.05) is 18.0 Å². The molecule has 0 aromatic carbocycles. The van der Waals surface area contributed by atoms with Crippen LogP contribution in [-0.2, 0) is 16.6 Å². The van der Waals surface area contributed by atoms with Gasteiger partial charge in [-0.3, -0.25) is 0 Å². The molecule has 1 unspecified atom stereocenters. The van der Waals surface area contributed by atoms with Crippen molar-refractivity contribution in [1.82, 2.24) is 4.72 Å². The molecule has 3 N–H and O–H groups in total. The third-order valence-electron chi connectivity index (χ3n) is 2.18. The van der Waals surface area contributed by atoms with Gasteiger partial charge in [-0.25, -0.2) is 13.1 Å². The number of thioether (sulfide) groups is 1. The Kier molecular flexibility index (Phi) is 5.94. The monoisotopic (exact) mass is 294 g/mol. The highest BCUT2D eigenvalue weighted by molar-refractivity contribution is 7.98. The quantitative estimate of drug-likeness (QED) is 0.799. The van der Waals surface area contributed by atoms with Crippen LogP contribution in [-0.4, -0.2) is 27.0 Å². The fourth-order valence-corrected chi connectivity index (χ4v) is 4.41. The lowest BCUT2D eigenvalue weighted by Crippen LogP contribution is -2.28. The maximum atomic E-state index is 11.9. The summed E-state index contributed by atoms with van der Waals surface area (Å²) in [5.41, 5.74) is 5.46. The molecule has 0 radical (unpaired) electrons. The van der Waals surface area contributed by atoms with E-state index >= 15 is 0 Å². The smallest absolute Gasteiger partial charge is 0.250 e. The summed E-state index contributed by atoms with van der Waals surface area (Å²) in [6.07, 6.45) is 2.01. The lowest BCUT2D eigenvalue weighted by molar-refractivity contribution is 0.564. The van der Waals surface area contributed by atoms with Crippen molar-refractivity contribution in [3.63, 3.8) is 0 Å². The average molecular weight is 294 g/mol. The van der Waals surface area contributed by atoms with Gasteiger partial charge in [-0.05, 0) is 30.1 Å². The minimum atomic E-state index is -3.36. The summed E-state index contributed by atoms with van der Waals surface area (Å²) in [6.45, 7) is 2.88. The molecule has 1 rings (SSSR count). The van der Waals surface area contributed by atoms with Gasteiger partial charge in [0.15, 0.2) is 0 Å². The Morgan fingerprint density at radius 3 is 2.76 bits per heavy atom. The van der Waals surface area contributed by atoms with E-state index in [4.69, 9.17) is 5.73 Å². The van der Waals surface area contributed by atoms with Gasteiger partial charge in [-0.1, -0.05) is 6.92 Å². The second-order valence-corrected chi connectivity index (χ2v) is 7.91. The van der Waals surface area contributed by atoms with Crippen molar-refractivity contribution in [2.75, 3.05) is 18.6 Å². The topological polar surface area (TPSA) is 72.2 Å². The molecule has 0 fully saturated rings. The number of thiophene rings is 1. The van der Waals surface area contributed by atoms with Gasteiger partial charge >= 0.3 is 0 Å². The number of rotatable bonds is 7. The molecule has 0 saturated heterocycles. The molecule has 0 amide bonds. The molecule has 1 aromatic rings. The Labute approximate surface area is 111 Å². The minimum Gasteiger partial charge on any atom is -0.326 e. The van der Waals surface area contributed by atoms with Crippen LogP contribution in [0.5, 0.6) is 0 Å². The van der Waals surface area contributed by atoms with Crippen LogP contribution in [0.4, 0.5) is 0 Å². The van der Waals surface area contributed by atoms with Crippen molar-refractivity contribution in [2.24, 2.45) is 11.7 Å². The van der Waals surface area contributed by atoms with E-state index < -0.39 is 10.0 Å². The average Bonchev–Trinajstić information content (AvgIpc) is 2.76. The van der Waals surface area contributed by atoms with Gasteiger partial charge in [-0.2, -0.15) is 11.8 Å². The fraction of sp³-hybridized carbons (Fsp3) is 0.600. The van der Waals surface area contributed by atoms with Crippen LogP contribution < -0.4 is 10.5 Å². The van der Waals surface area contributed by atoms with Gasteiger partial charge < -0.3 is 5.73 Å². The predicted octanol–water partition coefficient (Wildman–Crippen LogP) is 1.48. The number of hydrogen-bond acceptors (Lipinski definition) is 5. The summed E-state index contributed by atoms with van der Waals surface area (Å²) in [5, 5.41) is 0. The molecule has 0 spiro atoms. The van der Waals surface area contributed by atoms with Crippen molar-refractivity contribution in [1.29, 1.82) is 0 Å². The van der Waals surface area contributed by atoms with Crippen LogP contribution in [0.25, 0.3) is 0 Å². The minimum absolute atomic E-state index is 0.328. The standard InChI is InChI=1S/C10H18N2O2S3/c1-8(7-15-2)6-12-17(13,14)10-4-3-9(5-11)16-10/h3-4,8,12H,5-7,11H2,1-2H3. The summed E-state index contributed by atoms with van der Waals surface area (Å²) in [4.78, 5) is 0.877. The maximum Gasteiger partial charge on any atom is 0.250 e. The van der Waals surface area contributed by atoms with Crippen LogP contribution in [0.2, 0.25) is 0 Å². The maximum absolute atomic E-state index is 11.9. The molecule has 0 bridgehead atoms. The van der Waals surface area contributed by atoms with E-state index in [9.17, 15) is 8.42 Å². The molecule has 0 aliphatic heterocycles. The molecule has 4 nitrogen and oxygen atoms in total. The van der Waals surface area contributed by atoms with Crippen LogP contribution in [0.1, 0.15) is 11.8 Å². The van der Waals surface area contributed by atoms with E-state index in [1.807, 2.05) is 13.2 Å². The van der Waals surface area contributed by atoms with Gasteiger partial charge in [0.2, 0.25) is 10.0 Å². The first-order valence-corrected chi connectivity index (χ1v) is 8.96. The number of nitrogens with two attached hydrogens (primary N) is 1. The van der Waals surface area contributed by atoms with Crippen molar-refractivity contribution >= 4 is 33.1 Å². The zero-order valence-corrected chi connectivity index (χ0v) is 12.4. The Bertz CT molecular complexity index is 442. The predicted molar refractivity (Wildman–Crippen MR) is 74.9 cm³/mol. The zero-order valence-electron chi connectivity index (χ0n) is 9.97. The molecule has 17 heavy (non-hydrogen) atoms. The van der Waals surface area contributed by atoms with Crippen molar-refractivity contribution in [3.8, 4) is 0 Å². The van der Waals surface area contributed by atoms with Crippen molar-refractivity contribution in [3.05, 3.63) is 17.0 Å². The molecule has 1 heterocycles. The highest BCUT2D eigenvalue weighted by Crippen LogP contribution is 2.21. The lowest BCUT2D eigenvalue weighted by atomic mass is 10.2. The third-order valence-corrected chi connectivity index (χ3v) is 6.10. The Morgan fingerprint density at radius 1 is 1.53 bits per heavy atom. The van der Waals surface area contributed by atoms with E-state index in [1.165, 1.54) is 11.3 Å². The number of nitrogens with one attached hydrogen (secondary N) is 1. The highest BCUT2D eigenvalue weighted by atomic mass is 32.2. The Morgan fingerprint density at radius 2 is 2.24 bits per heavy atom. The lowest BCUT2D eigenvalue weighted by Gasteiger charge is -2.10. The first-order chi connectivity index (χ1) is 7.99. The van der Waals surface area contributed by atoms with Crippen LogP contribution in [0, 0.1) is 5.92 Å². The molecule has 98 valence electrons. The van der Waals surface area contributed by atoms with Gasteiger partial charge in [0.05, 0.1) is 0 Å². The molecule has 1 aromatic heterocycles. The summed E-state index contributed by atoms with van der Waals surface area (Å²) in [6, 6.07) is 3.36. The molecule has 0 aliphatic carbocycles. The molecule has 7 heteroatoms. The SMILES string of the molecule is CSCC(C)CNS(=O)(=O)c1ccc(CN)s1. The van der Waals surface area contributed by atoms with Gasteiger partial charge in [-0.15, -0.1) is 11.3 Å². The number of hydrogen-bond donors (Lipinski definition) is 2.